The van der Waals surface area contributed by atoms with E-state index in [0.29, 0.717) is 6.54 Å². The van der Waals surface area contributed by atoms with Gasteiger partial charge in [0.2, 0.25) is 0 Å². The largest absolute Gasteiger partial charge is 0.342 e. The van der Waals surface area contributed by atoms with Crippen LogP contribution in [0.15, 0.2) is 218 Å². The van der Waals surface area contributed by atoms with Crippen LogP contribution in [0.5, 0.6) is 0 Å². The van der Waals surface area contributed by atoms with Crippen molar-refractivity contribution in [3.05, 3.63) is 268 Å². The molecule has 5 heteroatoms. The Balaban J connectivity index is 1.05. The summed E-state index contributed by atoms with van der Waals surface area (Å²) in [6.45, 7) is 32.2. The van der Waals surface area contributed by atoms with E-state index < -0.39 is 0 Å². The van der Waals surface area contributed by atoms with Crippen LogP contribution >= 0.6 is 0 Å². The Morgan fingerprint density at radius 1 is 0.378 bits per heavy atom. The van der Waals surface area contributed by atoms with E-state index in [4.69, 9.17) is 0 Å². The van der Waals surface area contributed by atoms with Crippen molar-refractivity contribution in [1.82, 2.24) is 0 Å². The normalized spacial score (nSPS) is 15.2. The molecule has 2 heterocycles. The molecule has 0 bridgehead atoms. The highest BCUT2D eigenvalue weighted by Crippen LogP contribution is 2.49. The molecule has 4 aliphatic rings. The molecule has 0 atom stereocenters. The Labute approximate surface area is 538 Å². The van der Waals surface area contributed by atoms with E-state index in [-0.39, 0.29) is 33.8 Å². The van der Waals surface area contributed by atoms with E-state index in [0.717, 1.165) is 72.8 Å². The van der Waals surface area contributed by atoms with E-state index in [1.54, 1.807) is 5.56 Å². The lowest BCUT2D eigenvalue weighted by molar-refractivity contribution is 0.392. The highest BCUT2D eigenvalue weighted by molar-refractivity contribution is 7.00. The summed E-state index contributed by atoms with van der Waals surface area (Å²) in [6.07, 6.45) is 5.23. The second kappa shape index (κ2) is 22.1. The van der Waals surface area contributed by atoms with Crippen molar-refractivity contribution in [3.63, 3.8) is 0 Å². The van der Waals surface area contributed by atoms with Crippen molar-refractivity contribution >= 4 is 80.0 Å². The van der Waals surface area contributed by atoms with Crippen molar-refractivity contribution < 1.29 is 0 Å². The van der Waals surface area contributed by atoms with Gasteiger partial charge in [0.1, 0.15) is 0 Å². The van der Waals surface area contributed by atoms with Gasteiger partial charge in [0, 0.05) is 64.3 Å². The summed E-state index contributed by atoms with van der Waals surface area (Å²) in [5.41, 5.74) is 31.7. The minimum Gasteiger partial charge on any atom is -0.342 e. The van der Waals surface area contributed by atoms with Gasteiger partial charge < -0.3 is 19.6 Å². The topological polar surface area (TPSA) is 13.0 Å². The van der Waals surface area contributed by atoms with Crippen molar-refractivity contribution in [2.45, 2.75) is 145 Å². The molecule has 2 aliphatic heterocycles. The van der Waals surface area contributed by atoms with Crippen LogP contribution in [0, 0.1) is 10.8 Å². The van der Waals surface area contributed by atoms with Crippen LogP contribution in [-0.2, 0) is 54.9 Å². The van der Waals surface area contributed by atoms with Crippen molar-refractivity contribution in [1.29, 1.82) is 0 Å². The van der Waals surface area contributed by atoms with Gasteiger partial charge in [-0.1, -0.05) is 230 Å². The second-order valence-electron chi connectivity index (χ2n) is 31.3. The van der Waals surface area contributed by atoms with Crippen LogP contribution in [0.3, 0.4) is 0 Å². The molecule has 0 saturated carbocycles. The Bertz CT molecular complexity index is 4230. The Morgan fingerprint density at radius 3 is 1.44 bits per heavy atom. The molecule has 0 radical (unpaired) electrons. The third-order valence-corrected chi connectivity index (χ3v) is 20.1. The molecule has 2 aliphatic carbocycles. The maximum atomic E-state index is 2.77. The highest BCUT2D eigenvalue weighted by Gasteiger charge is 2.45. The molecular formula is C85H89BN4. The zero-order valence-electron chi connectivity index (χ0n) is 55.6. The summed E-state index contributed by atoms with van der Waals surface area (Å²) in [6, 6.07) is 84.4. The smallest absolute Gasteiger partial charge is 0.252 e. The van der Waals surface area contributed by atoms with Crippen LogP contribution in [0.1, 0.15) is 140 Å². The van der Waals surface area contributed by atoms with Gasteiger partial charge in [0.05, 0.1) is 5.69 Å². The monoisotopic (exact) mass is 1180 g/mol. The van der Waals surface area contributed by atoms with Gasteiger partial charge in [-0.25, -0.2) is 0 Å². The molecule has 0 spiro atoms. The molecule has 0 aromatic heterocycles. The summed E-state index contributed by atoms with van der Waals surface area (Å²) in [4.78, 5) is 10.5. The van der Waals surface area contributed by atoms with Crippen LogP contribution < -0.4 is 36.0 Å². The van der Waals surface area contributed by atoms with Crippen molar-refractivity contribution in [3.8, 4) is 11.1 Å². The molecule has 0 N–H and O–H groups in total. The Hall–Kier alpha value is -8.54. The molecule has 10 aromatic carbocycles. The first kappa shape index (κ1) is 59.1. The molecule has 10 aromatic rings. The number of hydrogen-bond donors (Lipinski definition) is 0. The van der Waals surface area contributed by atoms with Crippen molar-refractivity contribution in [2.75, 3.05) is 26.1 Å². The lowest BCUT2D eigenvalue weighted by Gasteiger charge is -2.46. The molecular weight excluding hydrogens is 1090 g/mol. The molecule has 0 fully saturated rings. The lowest BCUT2D eigenvalue weighted by Crippen LogP contribution is -2.62. The molecule has 14 rings (SSSR count). The lowest BCUT2D eigenvalue weighted by atomic mass is 9.33. The summed E-state index contributed by atoms with van der Waals surface area (Å²) >= 11 is 0. The van der Waals surface area contributed by atoms with Gasteiger partial charge in [0.15, 0.2) is 0 Å². The third kappa shape index (κ3) is 11.0. The van der Waals surface area contributed by atoms with E-state index in [1.807, 2.05) is 0 Å². The molecule has 90 heavy (non-hydrogen) atoms. The Kier molecular flexibility index (Phi) is 14.5. The fourth-order valence-electron chi connectivity index (χ4n) is 15.5. The third-order valence-electron chi connectivity index (χ3n) is 20.1. The van der Waals surface area contributed by atoms with Crippen LogP contribution in [0.25, 0.3) is 11.1 Å². The first-order valence-electron chi connectivity index (χ1n) is 33.2. The number of hydrogen-bond acceptors (Lipinski definition) is 4. The highest BCUT2D eigenvalue weighted by atomic mass is 15.2. The minimum atomic E-state index is -0.0456. The van der Waals surface area contributed by atoms with Crippen LogP contribution in [0.2, 0.25) is 0 Å². The van der Waals surface area contributed by atoms with Crippen LogP contribution in [-0.4, -0.2) is 13.3 Å². The predicted octanol–water partition coefficient (Wildman–Crippen LogP) is 20.3. The van der Waals surface area contributed by atoms with Crippen LogP contribution in [0.4, 0.5) is 56.9 Å². The fraction of sp³-hybridized carbons (Fsp3) is 0.294. The molecule has 0 amide bonds. The maximum absolute atomic E-state index is 2.77. The van der Waals surface area contributed by atoms with Gasteiger partial charge in [-0.05, 0) is 216 Å². The second-order valence-corrected chi connectivity index (χ2v) is 31.3. The molecule has 452 valence electrons. The standard InChI is InChI=1S/C85H89BN4/c1-81(2,3)63-34-38-68(39-35-63)89(69-40-36-64(37-41-69)82(4,5)6)70-42-43-74-77(49-70)87(45-44-58-26-23-27-59-52-85(12,13)55-73(58)59)78-50-71(90(66-28-19-15-20-29-66)67-30-21-16-22-31-67)51-79-80(78)86(74)75-46-61-53-84(10,11)54-62(61)47-76(75)88(79)56-60-32-33-65(83(7,8)9)48-72(60)57-24-17-14-18-25-57/h14-43,46-51H,44-45,52-56H2,1-13H3. The van der Waals surface area contributed by atoms with E-state index >= 15 is 0 Å². The summed E-state index contributed by atoms with van der Waals surface area (Å²) in [5, 5.41) is 0. The maximum Gasteiger partial charge on any atom is 0.252 e. The molecule has 4 nitrogen and oxygen atoms in total. The molecule has 0 unspecified atom stereocenters. The minimum absolute atomic E-state index is 0.0170. The van der Waals surface area contributed by atoms with E-state index in [2.05, 4.69) is 328 Å². The number of anilines is 10. The first-order valence-corrected chi connectivity index (χ1v) is 33.2. The molecule has 0 saturated heterocycles. The quantitative estimate of drug-likeness (QED) is 0.113. The predicted molar refractivity (Wildman–Crippen MR) is 387 cm³/mol. The average molecular weight is 1180 g/mol. The zero-order chi connectivity index (χ0) is 62.6. The van der Waals surface area contributed by atoms with Gasteiger partial charge in [-0.2, -0.15) is 0 Å². The number of para-hydroxylation sites is 2. The number of rotatable bonds is 12. The van der Waals surface area contributed by atoms with Gasteiger partial charge in [0.25, 0.3) is 6.71 Å². The number of fused-ring (bicyclic) bond motifs is 6. The van der Waals surface area contributed by atoms with Gasteiger partial charge in [-0.15, -0.1) is 0 Å². The summed E-state index contributed by atoms with van der Waals surface area (Å²) in [5.74, 6) is 0. The zero-order valence-corrected chi connectivity index (χ0v) is 55.6. The first-order chi connectivity index (χ1) is 42.9. The van der Waals surface area contributed by atoms with Gasteiger partial charge in [-0.3, -0.25) is 0 Å². The van der Waals surface area contributed by atoms with Crippen molar-refractivity contribution in [2.24, 2.45) is 10.8 Å². The number of nitrogens with zero attached hydrogens (tertiary/aromatic N) is 4. The summed E-state index contributed by atoms with van der Waals surface area (Å²) in [7, 11) is 0. The number of benzene rings is 10. The SMILES string of the molecule is CC1(C)Cc2cc3c(cc2C1)N(Cc1ccc(C(C)(C)C)cc1-c1ccccc1)c1cc(N(c2ccccc2)c2ccccc2)cc2c1B3c1ccc(N(c3ccc(C(C)(C)C)cc3)c3ccc(C(C)(C)C)cc3)cc1N2CCc1cccc2c1CC(C)(C)C2. The summed E-state index contributed by atoms with van der Waals surface area (Å²) < 4.78 is 0. The Morgan fingerprint density at radius 2 is 0.856 bits per heavy atom. The van der Waals surface area contributed by atoms with E-state index in [9.17, 15) is 0 Å². The average Bonchev–Trinajstić information content (AvgIpc) is 0.771. The fourth-order valence-corrected chi connectivity index (χ4v) is 15.5. The van der Waals surface area contributed by atoms with E-state index in [1.165, 1.54) is 94.8 Å². The van der Waals surface area contributed by atoms with Gasteiger partial charge >= 0.3 is 0 Å².